The van der Waals surface area contributed by atoms with Gasteiger partial charge < -0.3 is 20.9 Å². The third-order valence-corrected chi connectivity index (χ3v) is 4.98. The van der Waals surface area contributed by atoms with E-state index in [1.807, 2.05) is 20.8 Å². The van der Waals surface area contributed by atoms with E-state index in [4.69, 9.17) is 10.5 Å². The van der Waals surface area contributed by atoms with Gasteiger partial charge in [0.05, 0.1) is 12.1 Å². The third kappa shape index (κ3) is 18.5. The fraction of sp³-hybridized carbons (Fsp3) is 0.957. The first-order valence-electron chi connectivity index (χ1n) is 11.6. The fourth-order valence-corrected chi connectivity index (χ4v) is 3.21. The summed E-state index contributed by atoms with van der Waals surface area (Å²) in [5.41, 5.74) is 5.58. The number of aliphatic hydroxyl groups is 1. The number of nitrogens with two attached hydrogens (primary N) is 1. The van der Waals surface area contributed by atoms with Gasteiger partial charge in [-0.05, 0) is 27.2 Å². The maximum atomic E-state index is 11.6. The predicted octanol–water partition coefficient (Wildman–Crippen LogP) is 5.68. The molecule has 0 fully saturated rings. The zero-order valence-corrected chi connectivity index (χ0v) is 19.1. The number of amides is 1. The molecule has 0 bridgehead atoms. The van der Waals surface area contributed by atoms with Crippen LogP contribution in [0.4, 0.5) is 4.79 Å². The van der Waals surface area contributed by atoms with Crippen LogP contribution in [0.2, 0.25) is 0 Å². The first-order chi connectivity index (χ1) is 13.3. The van der Waals surface area contributed by atoms with Crippen LogP contribution in [-0.2, 0) is 4.74 Å². The Bertz CT molecular complexity index is 369. The van der Waals surface area contributed by atoms with Gasteiger partial charge in [0.1, 0.15) is 6.61 Å². The summed E-state index contributed by atoms with van der Waals surface area (Å²) < 4.78 is 5.08. The molecule has 0 rings (SSSR count). The lowest BCUT2D eigenvalue weighted by Crippen LogP contribution is -2.44. The molecule has 5 nitrogen and oxygen atoms in total. The number of hydrogen-bond donors (Lipinski definition) is 3. The second-order valence-electron chi connectivity index (χ2n) is 9.24. The van der Waals surface area contributed by atoms with Gasteiger partial charge in [-0.2, -0.15) is 0 Å². The summed E-state index contributed by atoms with van der Waals surface area (Å²) in [4.78, 5) is 11.6. The smallest absolute Gasteiger partial charge is 0.407 e. The topological polar surface area (TPSA) is 84.6 Å². The van der Waals surface area contributed by atoms with Gasteiger partial charge in [0.15, 0.2) is 0 Å². The number of carbonyl (C=O) groups is 1. The van der Waals surface area contributed by atoms with Crippen molar-refractivity contribution in [1.29, 1.82) is 0 Å². The van der Waals surface area contributed by atoms with Crippen LogP contribution in [0, 0.1) is 0 Å². The van der Waals surface area contributed by atoms with Crippen molar-refractivity contribution in [1.82, 2.24) is 5.32 Å². The van der Waals surface area contributed by atoms with E-state index in [0.717, 1.165) is 12.8 Å². The Kier molecular flexibility index (Phi) is 16.6. The largest absolute Gasteiger partial charge is 0.448 e. The highest BCUT2D eigenvalue weighted by Gasteiger charge is 2.19. The molecule has 5 heteroatoms. The number of nitrogens with one attached hydrogen (secondary N) is 1. The average Bonchev–Trinajstić information content (AvgIpc) is 2.61. The Balaban J connectivity index is 3.46. The first-order valence-corrected chi connectivity index (χ1v) is 11.6. The van der Waals surface area contributed by atoms with Gasteiger partial charge in [0.2, 0.25) is 0 Å². The lowest BCUT2D eigenvalue weighted by atomic mass is 10.0. The highest BCUT2D eigenvalue weighted by atomic mass is 16.5. The van der Waals surface area contributed by atoms with Crippen molar-refractivity contribution in [3.05, 3.63) is 0 Å². The Morgan fingerprint density at radius 3 is 1.75 bits per heavy atom. The molecule has 0 aliphatic heterocycles. The second-order valence-corrected chi connectivity index (χ2v) is 9.24. The average molecular weight is 401 g/mol. The summed E-state index contributed by atoms with van der Waals surface area (Å²) in [7, 11) is 0. The number of ether oxygens (including phenoxy) is 1. The summed E-state index contributed by atoms with van der Waals surface area (Å²) in [6.45, 7) is 7.97. The normalized spacial score (nSPS) is 13.9. The number of rotatable bonds is 17. The summed E-state index contributed by atoms with van der Waals surface area (Å²) in [5.74, 6) is 0. The number of hydrogen-bond acceptors (Lipinski definition) is 4. The minimum Gasteiger partial charge on any atom is -0.448 e. The van der Waals surface area contributed by atoms with Gasteiger partial charge >= 0.3 is 6.09 Å². The SMILES string of the molecule is CCCCCCCCCCCCCCCC(O)C(N)COC(=O)NC(C)(C)C. The zero-order valence-electron chi connectivity index (χ0n) is 19.1. The van der Waals surface area contributed by atoms with E-state index in [9.17, 15) is 9.90 Å². The Labute approximate surface area is 174 Å². The zero-order chi connectivity index (χ0) is 21.3. The van der Waals surface area contributed by atoms with E-state index in [-0.39, 0.29) is 12.1 Å². The lowest BCUT2D eigenvalue weighted by Gasteiger charge is -2.22. The van der Waals surface area contributed by atoms with E-state index < -0.39 is 18.2 Å². The van der Waals surface area contributed by atoms with Gasteiger partial charge in [-0.3, -0.25) is 0 Å². The van der Waals surface area contributed by atoms with Crippen molar-refractivity contribution in [2.24, 2.45) is 5.73 Å². The van der Waals surface area contributed by atoms with Crippen LogP contribution < -0.4 is 11.1 Å². The summed E-state index contributed by atoms with van der Waals surface area (Å²) in [5, 5.41) is 12.8. The molecule has 4 N–H and O–H groups in total. The molecule has 0 saturated heterocycles. The number of aliphatic hydroxyl groups excluding tert-OH is 1. The van der Waals surface area contributed by atoms with Crippen molar-refractivity contribution in [2.75, 3.05) is 6.61 Å². The van der Waals surface area contributed by atoms with Crippen LogP contribution in [0.25, 0.3) is 0 Å². The van der Waals surface area contributed by atoms with Crippen molar-refractivity contribution in [2.45, 2.75) is 135 Å². The van der Waals surface area contributed by atoms with Gasteiger partial charge in [0, 0.05) is 5.54 Å². The maximum absolute atomic E-state index is 11.6. The minimum atomic E-state index is -0.616. The molecule has 1 amide bonds. The van der Waals surface area contributed by atoms with Crippen LogP contribution in [0.1, 0.15) is 118 Å². The van der Waals surface area contributed by atoms with E-state index >= 15 is 0 Å². The van der Waals surface area contributed by atoms with Gasteiger partial charge in [-0.1, -0.05) is 90.4 Å². The molecule has 0 aliphatic rings. The highest BCUT2D eigenvalue weighted by molar-refractivity contribution is 5.68. The molecule has 0 radical (unpaired) electrons. The Morgan fingerprint density at radius 1 is 0.893 bits per heavy atom. The third-order valence-electron chi connectivity index (χ3n) is 4.98. The molecule has 0 heterocycles. The predicted molar refractivity (Wildman–Crippen MR) is 119 cm³/mol. The van der Waals surface area contributed by atoms with E-state index in [2.05, 4.69) is 12.2 Å². The van der Waals surface area contributed by atoms with Gasteiger partial charge in [-0.15, -0.1) is 0 Å². The summed E-state index contributed by atoms with van der Waals surface area (Å²) in [6.07, 6.45) is 16.6. The molecule has 0 aromatic rings. The molecular formula is C23H48N2O3. The van der Waals surface area contributed by atoms with Crippen LogP contribution >= 0.6 is 0 Å². The molecular weight excluding hydrogens is 352 g/mol. The standard InChI is InChI=1S/C23H48N2O3/c1-5-6-7-8-9-10-11-12-13-14-15-16-17-18-21(26)20(24)19-28-22(27)25-23(2,3)4/h20-21,26H,5-19,24H2,1-4H3,(H,25,27). The van der Waals surface area contributed by atoms with E-state index in [0.29, 0.717) is 6.42 Å². The van der Waals surface area contributed by atoms with Crippen LogP contribution in [-0.4, -0.2) is 35.5 Å². The molecule has 2 atom stereocenters. The highest BCUT2D eigenvalue weighted by Crippen LogP contribution is 2.14. The number of alkyl carbamates (subject to hydrolysis) is 1. The van der Waals surface area contributed by atoms with Crippen molar-refractivity contribution in [3.63, 3.8) is 0 Å². The van der Waals surface area contributed by atoms with Gasteiger partial charge in [0.25, 0.3) is 0 Å². The second kappa shape index (κ2) is 17.1. The number of unbranched alkanes of at least 4 members (excludes halogenated alkanes) is 12. The summed E-state index contributed by atoms with van der Waals surface area (Å²) in [6, 6.07) is -0.525. The Hall–Kier alpha value is -0.810. The molecule has 168 valence electrons. The molecule has 2 unspecified atom stereocenters. The lowest BCUT2D eigenvalue weighted by molar-refractivity contribution is 0.0783. The quantitative estimate of drug-likeness (QED) is 0.274. The molecule has 0 saturated carbocycles. The van der Waals surface area contributed by atoms with Gasteiger partial charge in [-0.25, -0.2) is 4.79 Å². The first kappa shape index (κ1) is 27.2. The molecule has 0 aromatic carbocycles. The van der Waals surface area contributed by atoms with E-state index in [1.54, 1.807) is 0 Å². The van der Waals surface area contributed by atoms with E-state index in [1.165, 1.54) is 70.6 Å². The molecule has 0 aromatic heterocycles. The molecule has 0 spiro atoms. The molecule has 28 heavy (non-hydrogen) atoms. The molecule has 0 aliphatic carbocycles. The van der Waals surface area contributed by atoms with Crippen LogP contribution in [0.5, 0.6) is 0 Å². The fourth-order valence-electron chi connectivity index (χ4n) is 3.21. The van der Waals surface area contributed by atoms with Crippen molar-refractivity contribution >= 4 is 6.09 Å². The van der Waals surface area contributed by atoms with Crippen LogP contribution in [0.3, 0.4) is 0 Å². The minimum absolute atomic E-state index is 0.0432. The van der Waals surface area contributed by atoms with Crippen molar-refractivity contribution < 1.29 is 14.6 Å². The van der Waals surface area contributed by atoms with Crippen molar-refractivity contribution in [3.8, 4) is 0 Å². The number of carbonyl (C=O) groups excluding carboxylic acids is 1. The monoisotopic (exact) mass is 400 g/mol. The Morgan fingerprint density at radius 2 is 1.32 bits per heavy atom. The van der Waals surface area contributed by atoms with Crippen LogP contribution in [0.15, 0.2) is 0 Å². The summed E-state index contributed by atoms with van der Waals surface area (Å²) >= 11 is 0. The maximum Gasteiger partial charge on any atom is 0.407 e.